The summed E-state index contributed by atoms with van der Waals surface area (Å²) in [6, 6.07) is 0. The Balaban J connectivity index is -0.0000000533. The van der Waals surface area contributed by atoms with E-state index < -0.39 is 0 Å². The van der Waals surface area contributed by atoms with E-state index in [1.54, 1.807) is 9.10 Å². The van der Waals surface area contributed by atoms with Gasteiger partial charge in [-0.3, -0.25) is 0 Å². The van der Waals surface area contributed by atoms with E-state index in [0.717, 1.165) is 0 Å². The summed E-state index contributed by atoms with van der Waals surface area (Å²) in [7, 11) is 0. The summed E-state index contributed by atoms with van der Waals surface area (Å²) in [5.41, 5.74) is 0. The van der Waals surface area contributed by atoms with E-state index in [1.165, 1.54) is 25.7 Å². The predicted octanol–water partition coefficient (Wildman–Crippen LogP) is -0.537. The average Bonchev–Trinajstić information content (AvgIpc) is 1.89. The van der Waals surface area contributed by atoms with Gasteiger partial charge in [-0.1, -0.05) is 39.5 Å². The maximum atomic E-state index is 2.29. The molecular weight excluding hydrogens is 218 g/mol. The predicted molar refractivity (Wildman–Crippen MR) is 79.4 cm³/mol. The highest BCUT2D eigenvalue weighted by molar-refractivity contribution is 6.35. The van der Waals surface area contributed by atoms with Crippen LogP contribution in [0.5, 0.6) is 0 Å². The molecule has 0 atom stereocenters. The van der Waals surface area contributed by atoms with Crippen molar-refractivity contribution in [2.24, 2.45) is 0 Å². The van der Waals surface area contributed by atoms with Crippen molar-refractivity contribution in [1.29, 1.82) is 0 Å². The van der Waals surface area contributed by atoms with Gasteiger partial charge < -0.3 is 0 Å². The van der Waals surface area contributed by atoms with Gasteiger partial charge in [-0.2, -0.15) is 0 Å². The summed E-state index contributed by atoms with van der Waals surface area (Å²) in [6.07, 6.45) is 5.80. The molecule has 0 heterocycles. The van der Waals surface area contributed by atoms with Crippen LogP contribution in [-0.4, -0.2) is 113 Å². The molecule has 0 saturated carbocycles. The van der Waals surface area contributed by atoms with Crippen LogP contribution < -0.4 is 0 Å². The van der Waals surface area contributed by atoms with E-state index in [0.29, 0.717) is 20.4 Å². The summed E-state index contributed by atoms with van der Waals surface area (Å²) < 4.78 is 3.19. The molecule has 0 saturated heterocycles. The number of unbranched alkanes of at least 4 members (excludes halogenated alkanes) is 2. The van der Waals surface area contributed by atoms with Crippen molar-refractivity contribution in [1.82, 2.24) is 0 Å². The lowest BCUT2D eigenvalue weighted by Crippen LogP contribution is -1.87. The standard InChI is InChI=1S/2C4H9.5Mg.8H/c2*1-3-4-2;;;;;;;;;;;;;/h2*1,3-4H2,2H3;;;;;;;;;;;;;. The Morgan fingerprint density at radius 3 is 1.23 bits per heavy atom. The van der Waals surface area contributed by atoms with Gasteiger partial charge in [0.05, 0.1) is 0 Å². The zero-order valence-electron chi connectivity index (χ0n) is 6.95. The molecule has 0 aromatic rings. The van der Waals surface area contributed by atoms with Crippen molar-refractivity contribution in [3.63, 3.8) is 0 Å². The molecule has 0 aliphatic heterocycles. The minimum atomic E-state index is 0. The van der Waals surface area contributed by atoms with E-state index in [4.69, 9.17) is 0 Å². The lowest BCUT2D eigenvalue weighted by Gasteiger charge is -1.93. The third kappa shape index (κ3) is 31.3. The van der Waals surface area contributed by atoms with Crippen molar-refractivity contribution < 1.29 is 0 Å². The lowest BCUT2D eigenvalue weighted by atomic mass is 10.4. The third-order valence-corrected chi connectivity index (χ3v) is 3.71. The summed E-state index contributed by atoms with van der Waals surface area (Å²) in [4.78, 5) is 0. The molecule has 0 aromatic heterocycles. The summed E-state index contributed by atoms with van der Waals surface area (Å²) in [5, 5.41) is 0. The first-order valence-corrected chi connectivity index (χ1v) is 6.41. The van der Waals surface area contributed by atoms with E-state index in [1.807, 2.05) is 0 Å². The largest absolute Gasteiger partial charge is 0.364 e. The number of hydrogen-bond donors (Lipinski definition) is 0. The molecular formula is C8H26Mg5. The van der Waals surface area contributed by atoms with Gasteiger partial charge in [0.1, 0.15) is 0 Å². The van der Waals surface area contributed by atoms with Crippen molar-refractivity contribution >= 4 is 113 Å². The SMILES string of the molecule is CCC[CH2][Mg][CH2]CCC.[MgH2].[MgH2].[MgH2].[MgH2]. The van der Waals surface area contributed by atoms with Crippen LogP contribution in [-0.2, 0) is 0 Å². The monoisotopic (exact) mass is 242 g/mol. The Hall–Kier alpha value is 3.83. The first-order chi connectivity index (χ1) is 4.41. The number of rotatable bonds is 6. The van der Waals surface area contributed by atoms with Crippen molar-refractivity contribution in [3.05, 3.63) is 0 Å². The second kappa shape index (κ2) is 29.7. The van der Waals surface area contributed by atoms with Crippen molar-refractivity contribution in [3.8, 4) is 0 Å². The van der Waals surface area contributed by atoms with E-state index in [9.17, 15) is 0 Å². The van der Waals surface area contributed by atoms with Crippen LogP contribution in [0.15, 0.2) is 0 Å². The third-order valence-electron chi connectivity index (χ3n) is 1.71. The average molecular weight is 244 g/mol. The Kier molecular flexibility index (Phi) is 68.8. The molecule has 0 rings (SSSR count). The van der Waals surface area contributed by atoms with Crippen LogP contribution in [0.25, 0.3) is 0 Å². The van der Waals surface area contributed by atoms with Gasteiger partial charge in [-0.25, -0.2) is 0 Å². The minimum absolute atomic E-state index is 0. The van der Waals surface area contributed by atoms with Crippen molar-refractivity contribution in [2.75, 3.05) is 0 Å². The van der Waals surface area contributed by atoms with Crippen LogP contribution in [0.2, 0.25) is 9.10 Å². The fourth-order valence-corrected chi connectivity index (χ4v) is 3.09. The molecule has 13 heavy (non-hydrogen) atoms. The fraction of sp³-hybridized carbons (Fsp3) is 1.00. The zero-order valence-corrected chi connectivity index (χ0v) is 8.36. The highest BCUT2D eigenvalue weighted by atomic mass is 24.5. The molecule has 0 fully saturated rings. The second-order valence-corrected chi connectivity index (χ2v) is 4.89. The highest BCUT2D eigenvalue weighted by Gasteiger charge is 1.92. The minimum Gasteiger partial charge on any atom is -0.146 e. The Bertz CT molecular complexity index is 45.8. The van der Waals surface area contributed by atoms with Crippen LogP contribution in [0.1, 0.15) is 39.5 Å². The quantitative estimate of drug-likeness (QED) is 0.435. The molecule has 0 unspecified atom stereocenters. The summed E-state index contributed by atoms with van der Waals surface area (Å²) in [6.45, 7) is 4.57. The first kappa shape index (κ1) is 30.1. The van der Waals surface area contributed by atoms with Gasteiger partial charge in [0, 0.05) is 0 Å². The van der Waals surface area contributed by atoms with Crippen LogP contribution in [0.4, 0.5) is 0 Å². The smallest absolute Gasteiger partial charge is 0.146 e. The topological polar surface area (TPSA) is 0 Å². The van der Waals surface area contributed by atoms with Gasteiger partial charge in [0.15, 0.2) is 0 Å². The molecule has 0 spiro atoms. The molecule has 0 nitrogen and oxygen atoms in total. The van der Waals surface area contributed by atoms with Gasteiger partial charge in [0.2, 0.25) is 0 Å². The molecule has 0 aromatic carbocycles. The molecule has 0 amide bonds. The number of hydrogen-bond acceptors (Lipinski definition) is 0. The molecule has 0 N–H and O–H groups in total. The maximum absolute atomic E-state index is 2.29. The van der Waals surface area contributed by atoms with E-state index in [2.05, 4.69) is 13.8 Å². The Morgan fingerprint density at radius 1 is 0.692 bits per heavy atom. The normalized spacial score (nSPS) is 6.31. The lowest BCUT2D eigenvalue weighted by molar-refractivity contribution is 0.851. The van der Waals surface area contributed by atoms with Crippen LogP contribution in [0, 0.1) is 0 Å². The van der Waals surface area contributed by atoms with Crippen LogP contribution >= 0.6 is 0 Å². The van der Waals surface area contributed by atoms with Crippen LogP contribution in [0.3, 0.4) is 0 Å². The van der Waals surface area contributed by atoms with Gasteiger partial charge in [-0.05, 0) is 0 Å². The summed E-state index contributed by atoms with van der Waals surface area (Å²) in [5.74, 6) is 0. The zero-order chi connectivity index (χ0) is 6.95. The van der Waals surface area contributed by atoms with E-state index >= 15 is 0 Å². The van der Waals surface area contributed by atoms with Gasteiger partial charge in [-0.15, -0.1) is 9.10 Å². The van der Waals surface area contributed by atoms with Gasteiger partial charge in [0.25, 0.3) is 0 Å². The molecule has 0 bridgehead atoms. The molecule has 68 valence electrons. The maximum Gasteiger partial charge on any atom is 0.364 e. The van der Waals surface area contributed by atoms with Gasteiger partial charge >= 0.3 is 113 Å². The highest BCUT2D eigenvalue weighted by Crippen LogP contribution is 1.99. The molecule has 0 aliphatic rings. The second-order valence-electron chi connectivity index (χ2n) is 2.77. The van der Waals surface area contributed by atoms with Crippen molar-refractivity contribution in [2.45, 2.75) is 48.6 Å². The Labute approximate surface area is 158 Å². The molecule has 0 aliphatic carbocycles. The fourth-order valence-electron chi connectivity index (χ4n) is 1.03. The summed E-state index contributed by atoms with van der Waals surface area (Å²) >= 11 is 0.389. The molecule has 5 heteroatoms. The Morgan fingerprint density at radius 2 is 1.00 bits per heavy atom. The first-order valence-electron chi connectivity index (χ1n) is 4.41. The van der Waals surface area contributed by atoms with E-state index in [-0.39, 0.29) is 92.2 Å². The molecule has 0 radical (unpaired) electrons.